The topological polar surface area (TPSA) is 154 Å². The normalized spacial score (nSPS) is 17.9. The molecule has 3 heterocycles. The minimum atomic E-state index is -3.40. The summed E-state index contributed by atoms with van der Waals surface area (Å²) < 4.78 is 28.1. The summed E-state index contributed by atoms with van der Waals surface area (Å²) in [6.45, 7) is 15.8. The zero-order valence-electron chi connectivity index (χ0n) is 29.3. The number of hydrogen-bond acceptors (Lipinski definition) is 9. The van der Waals surface area contributed by atoms with Gasteiger partial charge in [-0.1, -0.05) is 73.6 Å². The van der Waals surface area contributed by atoms with Gasteiger partial charge in [-0.3, -0.25) is 4.79 Å². The number of hydrogen-bond donors (Lipinski definition) is 3. The number of benzene rings is 1. The highest BCUT2D eigenvalue weighted by atomic mass is 32.2. The highest BCUT2D eigenvalue weighted by molar-refractivity contribution is 7.89. The molecule has 2 atom stereocenters. The van der Waals surface area contributed by atoms with Gasteiger partial charge in [0.05, 0.1) is 22.8 Å². The number of rotatable bonds is 16. The van der Waals surface area contributed by atoms with Crippen LogP contribution in [-0.4, -0.2) is 77.7 Å². The quantitative estimate of drug-likeness (QED) is 0.194. The van der Waals surface area contributed by atoms with Gasteiger partial charge in [-0.2, -0.15) is 5.10 Å². The zero-order valence-corrected chi connectivity index (χ0v) is 30.1. The van der Waals surface area contributed by atoms with E-state index in [0.29, 0.717) is 47.5 Å². The average Bonchev–Trinajstić information content (AvgIpc) is 3.57. The lowest BCUT2D eigenvalue weighted by Gasteiger charge is -2.35. The monoisotopic (exact) mass is 670 g/mol. The Hall–Kier alpha value is -3.16. The Morgan fingerprint density at radius 3 is 2.55 bits per heavy atom. The number of amides is 1. The van der Waals surface area contributed by atoms with Gasteiger partial charge in [0.15, 0.2) is 5.82 Å². The van der Waals surface area contributed by atoms with Crippen molar-refractivity contribution in [2.45, 2.75) is 112 Å². The fourth-order valence-electron chi connectivity index (χ4n) is 5.97. The number of unbranched alkanes of at least 4 members (excludes halogenated alkanes) is 5. The Morgan fingerprint density at radius 1 is 1.15 bits per heavy atom. The number of sulfonamides is 1. The van der Waals surface area contributed by atoms with Gasteiger partial charge in [-0.05, 0) is 42.9 Å². The van der Waals surface area contributed by atoms with Crippen molar-refractivity contribution in [2.24, 2.45) is 15.5 Å². The van der Waals surface area contributed by atoms with E-state index in [2.05, 4.69) is 54.7 Å². The van der Waals surface area contributed by atoms with E-state index in [4.69, 9.17) is 15.1 Å². The first-order valence-electron chi connectivity index (χ1n) is 17.2. The van der Waals surface area contributed by atoms with Gasteiger partial charge in [0.1, 0.15) is 5.71 Å². The van der Waals surface area contributed by atoms with E-state index in [-0.39, 0.29) is 36.1 Å². The van der Waals surface area contributed by atoms with Crippen LogP contribution in [0.15, 0.2) is 22.2 Å². The second-order valence-corrected chi connectivity index (χ2v) is 16.0. The van der Waals surface area contributed by atoms with Crippen LogP contribution in [0.5, 0.6) is 0 Å². The lowest BCUT2D eigenvalue weighted by atomic mass is 9.87. The molecule has 0 spiro atoms. The first-order valence-corrected chi connectivity index (χ1v) is 18.8. The number of aliphatic hydroxyl groups excluding tert-OH is 1. The maximum Gasteiger partial charge on any atom is 0.221 e. The van der Waals surface area contributed by atoms with Gasteiger partial charge >= 0.3 is 0 Å². The molecule has 12 nitrogen and oxygen atoms in total. The first-order chi connectivity index (χ1) is 22.2. The van der Waals surface area contributed by atoms with Crippen molar-refractivity contribution < 1.29 is 18.3 Å². The molecule has 0 aliphatic carbocycles. The van der Waals surface area contributed by atoms with Crippen molar-refractivity contribution in [3.63, 3.8) is 0 Å². The number of carbonyl (C=O) groups excluding carboxylic acids is 1. The van der Waals surface area contributed by atoms with Crippen molar-refractivity contribution in [1.29, 1.82) is 0 Å². The molecule has 0 bridgehead atoms. The zero-order chi connectivity index (χ0) is 34.4. The summed E-state index contributed by atoms with van der Waals surface area (Å²) in [4.78, 5) is 26.0. The Morgan fingerprint density at radius 2 is 1.87 bits per heavy atom. The highest BCUT2D eigenvalue weighted by Crippen LogP contribution is 2.42. The second kappa shape index (κ2) is 15.8. The lowest BCUT2D eigenvalue weighted by molar-refractivity contribution is -0.114. The van der Waals surface area contributed by atoms with Crippen molar-refractivity contribution in [2.75, 3.05) is 42.2 Å². The number of nitrogens with one attached hydrogen (secondary N) is 2. The second-order valence-electron chi connectivity index (χ2n) is 14.0. The Bertz CT molecular complexity index is 1570. The smallest absolute Gasteiger partial charge is 0.221 e. The number of fused-ring (bicyclic) bond motifs is 2. The largest absolute Gasteiger partial charge is 0.396 e. The van der Waals surface area contributed by atoms with Crippen molar-refractivity contribution >= 4 is 44.4 Å². The molecule has 2 aliphatic heterocycles. The molecular weight excluding hydrogens is 616 g/mol. The van der Waals surface area contributed by atoms with Gasteiger partial charge in [0, 0.05) is 50.2 Å². The van der Waals surface area contributed by atoms with E-state index in [1.165, 1.54) is 18.1 Å². The number of nitrogens with zero attached hydrogens (tertiary/aromatic N) is 6. The van der Waals surface area contributed by atoms with E-state index >= 15 is 0 Å². The van der Waals surface area contributed by atoms with Crippen molar-refractivity contribution in [3.05, 3.63) is 29.3 Å². The fraction of sp³-hybridized carbons (Fsp3) is 0.676. The van der Waals surface area contributed by atoms with Crippen LogP contribution in [0.1, 0.15) is 129 Å². The molecule has 2 aliphatic rings. The average molecular weight is 671 g/mol. The molecule has 13 heteroatoms. The molecule has 260 valence electrons. The van der Waals surface area contributed by atoms with Crippen LogP contribution in [0.4, 0.5) is 17.1 Å². The first kappa shape index (κ1) is 36.7. The number of carbonyl (C=O) groups is 1. The van der Waals surface area contributed by atoms with Gasteiger partial charge in [-0.25, -0.2) is 23.1 Å². The number of aromatic nitrogens is 3. The van der Waals surface area contributed by atoms with E-state index in [1.54, 1.807) is 0 Å². The van der Waals surface area contributed by atoms with Crippen LogP contribution in [0.3, 0.4) is 0 Å². The molecule has 1 aromatic heterocycles. The Kier molecular flexibility index (Phi) is 12.3. The molecule has 2 unspecified atom stereocenters. The van der Waals surface area contributed by atoms with Gasteiger partial charge in [0.2, 0.25) is 21.8 Å². The van der Waals surface area contributed by atoms with E-state index in [1.807, 2.05) is 19.1 Å². The van der Waals surface area contributed by atoms with Gasteiger partial charge in [0.25, 0.3) is 0 Å². The van der Waals surface area contributed by atoms with E-state index in [0.717, 1.165) is 62.2 Å². The standard InChI is InChI=1S/C34H54N8O4S/c1-8-9-10-11-12-13-19-47(45,46)35-22-24(3)32-38-33-30(31(34(5,6)7)39-42(33)40-32)37-27-20-26-23(2)15-17-41(16-14-18-43)29(26)21-28(27)36-25(4)44/h20-21,23-24,35,43H,8-19,22H2,1-7H3,(H,36,44)/b37-30-. The third-order valence-electron chi connectivity index (χ3n) is 8.74. The van der Waals surface area contributed by atoms with Gasteiger partial charge < -0.3 is 15.3 Å². The van der Waals surface area contributed by atoms with Crippen molar-refractivity contribution in [3.8, 4) is 0 Å². The predicted molar refractivity (Wildman–Crippen MR) is 190 cm³/mol. The molecule has 2 aromatic rings. The van der Waals surface area contributed by atoms with Crippen LogP contribution in [0, 0.1) is 5.41 Å². The summed E-state index contributed by atoms with van der Waals surface area (Å²) in [5.41, 5.74) is 4.28. The summed E-state index contributed by atoms with van der Waals surface area (Å²) in [7, 11) is -3.40. The maximum absolute atomic E-state index is 12.7. The predicted octanol–water partition coefficient (Wildman–Crippen LogP) is 5.70. The molecule has 0 radical (unpaired) electrons. The molecule has 1 aromatic carbocycles. The molecule has 0 fully saturated rings. The maximum atomic E-state index is 12.7. The summed E-state index contributed by atoms with van der Waals surface area (Å²) >= 11 is 0. The molecule has 4 rings (SSSR count). The number of aliphatic imine (C=N–C) groups is 1. The molecule has 47 heavy (non-hydrogen) atoms. The van der Waals surface area contributed by atoms with Gasteiger partial charge in [-0.15, -0.1) is 9.89 Å². The third-order valence-corrected chi connectivity index (χ3v) is 10.2. The number of anilines is 2. The van der Waals surface area contributed by atoms with Crippen molar-refractivity contribution in [1.82, 2.24) is 19.6 Å². The molecule has 1 amide bonds. The van der Waals surface area contributed by atoms with Crippen LogP contribution in [-0.2, 0) is 14.8 Å². The van der Waals surface area contributed by atoms with E-state index in [9.17, 15) is 18.3 Å². The minimum absolute atomic E-state index is 0.115. The summed E-state index contributed by atoms with van der Waals surface area (Å²) in [5, 5.41) is 21.9. The van der Waals surface area contributed by atoms with E-state index < -0.39 is 10.0 Å². The molecule has 0 saturated carbocycles. The number of aliphatic hydroxyl groups is 1. The summed E-state index contributed by atoms with van der Waals surface area (Å²) in [6.07, 6.45) is 7.75. The Labute approximate surface area is 280 Å². The lowest BCUT2D eigenvalue weighted by Crippen LogP contribution is -2.32. The highest BCUT2D eigenvalue weighted by Gasteiger charge is 2.36. The van der Waals surface area contributed by atoms with Crippen LogP contribution < -0.4 is 14.9 Å². The molecule has 0 saturated heterocycles. The minimum Gasteiger partial charge on any atom is -0.396 e. The van der Waals surface area contributed by atoms with Crippen LogP contribution in [0.25, 0.3) is 0 Å². The Balaban J connectivity index is 1.62. The van der Waals surface area contributed by atoms with Crippen LogP contribution in [0.2, 0.25) is 0 Å². The SMILES string of the molecule is CCCCCCCCS(=O)(=O)NCC(C)c1nc2n(n1)N=C(C(C)(C)C)/C2=N/c1cc2c(cc1NC(C)=O)N(CCCO)CCC2C. The van der Waals surface area contributed by atoms with Crippen LogP contribution >= 0.6 is 0 Å². The molecular formula is C34H54N8O4S. The third kappa shape index (κ3) is 9.48. The fourth-order valence-corrected chi connectivity index (χ4v) is 7.21. The molecule has 3 N–H and O–H groups in total. The summed E-state index contributed by atoms with van der Waals surface area (Å²) in [6, 6.07) is 4.03. The summed E-state index contributed by atoms with van der Waals surface area (Å²) in [5.74, 6) is 0.881.